The molecular weight excluding hydrogens is 234 g/mol. The summed E-state index contributed by atoms with van der Waals surface area (Å²) >= 11 is 0. The lowest BCUT2D eigenvalue weighted by Gasteiger charge is -2.18. The van der Waals surface area contributed by atoms with Gasteiger partial charge in [0, 0.05) is 31.6 Å². The fourth-order valence-corrected chi connectivity index (χ4v) is 3.32. The van der Waals surface area contributed by atoms with Crippen LogP contribution in [0.4, 0.5) is 0 Å². The molecule has 0 unspecified atom stereocenters. The van der Waals surface area contributed by atoms with E-state index in [9.17, 15) is 4.79 Å². The highest BCUT2D eigenvalue weighted by molar-refractivity contribution is 5.96. The molecule has 2 atom stereocenters. The molecule has 0 radical (unpaired) electrons. The predicted molar refractivity (Wildman–Crippen MR) is 77.2 cm³/mol. The maximum Gasteiger partial charge on any atom is 0.164 e. The lowest BCUT2D eigenvalue weighted by Crippen LogP contribution is -2.24. The summed E-state index contributed by atoms with van der Waals surface area (Å²) in [4.78, 5) is 14.6. The van der Waals surface area contributed by atoms with Crippen LogP contribution < -0.4 is 0 Å². The summed E-state index contributed by atoms with van der Waals surface area (Å²) in [6.07, 6.45) is 7.75. The van der Waals surface area contributed by atoms with Crippen LogP contribution in [-0.2, 0) is 0 Å². The number of rotatable bonds is 4. The first-order valence-electron chi connectivity index (χ1n) is 7.28. The molecule has 1 saturated heterocycles. The number of carbonyl (C=O) groups is 1. The Morgan fingerprint density at radius 3 is 2.32 bits per heavy atom. The number of nitrogens with zero attached hydrogens (tertiary/aromatic N) is 1. The van der Waals surface area contributed by atoms with E-state index in [0.717, 1.165) is 23.9 Å². The van der Waals surface area contributed by atoms with Crippen molar-refractivity contribution in [1.29, 1.82) is 0 Å². The second-order valence-corrected chi connectivity index (χ2v) is 5.76. The largest absolute Gasteiger partial charge is 0.302 e. The molecule has 19 heavy (non-hydrogen) atoms. The van der Waals surface area contributed by atoms with Crippen LogP contribution in [0.1, 0.15) is 29.6 Å². The third-order valence-electron chi connectivity index (χ3n) is 4.45. The van der Waals surface area contributed by atoms with Crippen LogP contribution in [0.3, 0.4) is 0 Å². The zero-order valence-corrected chi connectivity index (χ0v) is 11.3. The minimum absolute atomic E-state index is 0.272. The zero-order valence-electron chi connectivity index (χ0n) is 11.3. The number of carbonyl (C=O) groups excluding carboxylic acids is 1. The number of ketones is 1. The number of allylic oxidation sites excluding steroid dienone is 2. The van der Waals surface area contributed by atoms with Crippen molar-refractivity contribution in [1.82, 2.24) is 4.90 Å². The van der Waals surface area contributed by atoms with Crippen LogP contribution in [-0.4, -0.2) is 30.3 Å². The number of hydrogen-bond acceptors (Lipinski definition) is 2. The van der Waals surface area contributed by atoms with Gasteiger partial charge >= 0.3 is 0 Å². The van der Waals surface area contributed by atoms with E-state index in [-0.39, 0.29) is 5.78 Å². The van der Waals surface area contributed by atoms with Gasteiger partial charge in [0.05, 0.1) is 0 Å². The van der Waals surface area contributed by atoms with Crippen LogP contribution in [0.25, 0.3) is 0 Å². The van der Waals surface area contributed by atoms with Crippen molar-refractivity contribution in [3.05, 3.63) is 48.0 Å². The molecule has 2 aliphatic rings. The van der Waals surface area contributed by atoms with Crippen LogP contribution in [0.2, 0.25) is 0 Å². The molecule has 0 amide bonds. The van der Waals surface area contributed by atoms with Crippen molar-refractivity contribution in [2.75, 3.05) is 19.6 Å². The number of benzene rings is 1. The molecule has 2 nitrogen and oxygen atoms in total. The molecule has 0 spiro atoms. The van der Waals surface area contributed by atoms with Crippen molar-refractivity contribution in [3.8, 4) is 0 Å². The Morgan fingerprint density at radius 1 is 1.05 bits per heavy atom. The highest BCUT2D eigenvalue weighted by Gasteiger charge is 2.32. The van der Waals surface area contributed by atoms with Gasteiger partial charge in [0.2, 0.25) is 0 Å². The number of hydrogen-bond donors (Lipinski definition) is 0. The van der Waals surface area contributed by atoms with Gasteiger partial charge in [0.15, 0.2) is 5.78 Å². The number of likely N-dealkylation sites (tertiary alicyclic amines) is 1. The van der Waals surface area contributed by atoms with Gasteiger partial charge < -0.3 is 4.90 Å². The van der Waals surface area contributed by atoms with Crippen molar-refractivity contribution < 1.29 is 4.79 Å². The molecule has 1 aromatic rings. The standard InChI is InChI=1S/C17H21NO/c19-17(14-6-2-1-3-7-14)10-11-18-12-15-8-4-5-9-16(15)13-18/h1-7,15-16H,8-13H2/t15-,16-/m0/s1. The Kier molecular flexibility index (Phi) is 3.79. The van der Waals surface area contributed by atoms with Gasteiger partial charge in [-0.2, -0.15) is 0 Å². The van der Waals surface area contributed by atoms with Gasteiger partial charge in [-0.1, -0.05) is 42.5 Å². The van der Waals surface area contributed by atoms with Gasteiger partial charge in [0.1, 0.15) is 0 Å². The molecular formula is C17H21NO. The van der Waals surface area contributed by atoms with Crippen molar-refractivity contribution in [2.45, 2.75) is 19.3 Å². The van der Waals surface area contributed by atoms with E-state index in [4.69, 9.17) is 0 Å². The molecule has 1 aliphatic heterocycles. The Hall–Kier alpha value is -1.41. The molecule has 0 saturated carbocycles. The van der Waals surface area contributed by atoms with Crippen molar-refractivity contribution in [2.24, 2.45) is 11.8 Å². The van der Waals surface area contributed by atoms with E-state index in [1.807, 2.05) is 30.3 Å². The van der Waals surface area contributed by atoms with Crippen LogP contribution in [0.5, 0.6) is 0 Å². The molecule has 1 heterocycles. The summed E-state index contributed by atoms with van der Waals surface area (Å²) < 4.78 is 0. The topological polar surface area (TPSA) is 20.3 Å². The van der Waals surface area contributed by atoms with Crippen LogP contribution in [0, 0.1) is 11.8 Å². The SMILES string of the molecule is O=C(CCN1C[C@@H]2CC=CC[C@H]2C1)c1ccccc1. The zero-order chi connectivity index (χ0) is 13.1. The molecule has 0 aromatic heterocycles. The minimum Gasteiger partial charge on any atom is -0.302 e. The summed E-state index contributed by atoms with van der Waals surface area (Å²) in [6.45, 7) is 3.27. The molecule has 1 aromatic carbocycles. The van der Waals surface area contributed by atoms with Gasteiger partial charge in [-0.3, -0.25) is 4.79 Å². The smallest absolute Gasteiger partial charge is 0.164 e. The van der Waals surface area contributed by atoms with E-state index in [1.165, 1.54) is 25.9 Å². The van der Waals surface area contributed by atoms with Crippen LogP contribution >= 0.6 is 0 Å². The van der Waals surface area contributed by atoms with E-state index < -0.39 is 0 Å². The Balaban J connectivity index is 1.50. The third-order valence-corrected chi connectivity index (χ3v) is 4.45. The Labute approximate surface area is 115 Å². The van der Waals surface area contributed by atoms with Gasteiger partial charge in [0.25, 0.3) is 0 Å². The first-order valence-corrected chi connectivity index (χ1v) is 7.28. The molecule has 100 valence electrons. The average molecular weight is 255 g/mol. The quantitative estimate of drug-likeness (QED) is 0.608. The van der Waals surface area contributed by atoms with Crippen LogP contribution in [0.15, 0.2) is 42.5 Å². The number of fused-ring (bicyclic) bond motifs is 1. The second kappa shape index (κ2) is 5.70. The highest BCUT2D eigenvalue weighted by Crippen LogP contribution is 2.32. The molecule has 1 aliphatic carbocycles. The predicted octanol–water partition coefficient (Wildman–Crippen LogP) is 3.16. The number of Topliss-reactive ketones (excluding diaryl/α,β-unsaturated/α-hetero) is 1. The van der Waals surface area contributed by atoms with Gasteiger partial charge in [-0.05, 0) is 24.7 Å². The fraction of sp³-hybridized carbons (Fsp3) is 0.471. The van der Waals surface area contributed by atoms with E-state index >= 15 is 0 Å². The van der Waals surface area contributed by atoms with Gasteiger partial charge in [-0.25, -0.2) is 0 Å². The Morgan fingerprint density at radius 2 is 1.68 bits per heavy atom. The Bertz CT molecular complexity index is 449. The van der Waals surface area contributed by atoms with Crippen molar-refractivity contribution >= 4 is 5.78 Å². The van der Waals surface area contributed by atoms with E-state index in [1.54, 1.807) is 0 Å². The lowest BCUT2D eigenvalue weighted by molar-refractivity contribution is 0.0968. The van der Waals surface area contributed by atoms with Crippen molar-refractivity contribution in [3.63, 3.8) is 0 Å². The first-order chi connectivity index (χ1) is 9.33. The maximum absolute atomic E-state index is 12.1. The van der Waals surface area contributed by atoms with Gasteiger partial charge in [-0.15, -0.1) is 0 Å². The summed E-state index contributed by atoms with van der Waals surface area (Å²) in [7, 11) is 0. The first kappa shape index (κ1) is 12.6. The maximum atomic E-state index is 12.1. The lowest BCUT2D eigenvalue weighted by atomic mass is 9.86. The second-order valence-electron chi connectivity index (χ2n) is 5.76. The highest BCUT2D eigenvalue weighted by atomic mass is 16.1. The average Bonchev–Trinajstić information content (AvgIpc) is 2.88. The monoisotopic (exact) mass is 255 g/mol. The molecule has 3 rings (SSSR count). The fourth-order valence-electron chi connectivity index (χ4n) is 3.32. The summed E-state index contributed by atoms with van der Waals surface area (Å²) in [5, 5.41) is 0. The summed E-state index contributed by atoms with van der Waals surface area (Å²) in [5.41, 5.74) is 0.848. The molecule has 2 heteroatoms. The summed E-state index contributed by atoms with van der Waals surface area (Å²) in [5.74, 6) is 1.93. The summed E-state index contributed by atoms with van der Waals surface area (Å²) in [6, 6.07) is 9.65. The normalized spacial score (nSPS) is 26.3. The minimum atomic E-state index is 0.272. The third kappa shape index (κ3) is 2.95. The molecule has 1 fully saturated rings. The molecule has 0 N–H and O–H groups in total. The molecule has 0 bridgehead atoms. The van der Waals surface area contributed by atoms with E-state index in [2.05, 4.69) is 17.1 Å². The van der Waals surface area contributed by atoms with E-state index in [0.29, 0.717) is 6.42 Å².